The molecule has 0 amide bonds. The highest BCUT2D eigenvalue weighted by atomic mass is 16.5. The molecule has 0 atom stereocenters. The molecule has 4 nitrogen and oxygen atoms in total. The standard InChI is InChI=1S/C9H11NO3/c1-6-3-7(5-10-12)9(11)8(4-6)13-2/h3-5,11-12H,1-2H3. The number of nitrogens with zero attached hydrogens (tertiary/aromatic N) is 1. The van der Waals surface area contributed by atoms with Crippen LogP contribution in [0.15, 0.2) is 17.3 Å². The van der Waals surface area contributed by atoms with Gasteiger partial charge in [0.1, 0.15) is 0 Å². The van der Waals surface area contributed by atoms with Crippen molar-refractivity contribution in [2.24, 2.45) is 5.16 Å². The number of oxime groups is 1. The van der Waals surface area contributed by atoms with Crippen molar-refractivity contribution in [2.75, 3.05) is 7.11 Å². The molecule has 0 fully saturated rings. The summed E-state index contributed by atoms with van der Waals surface area (Å²) in [7, 11) is 1.47. The van der Waals surface area contributed by atoms with Gasteiger partial charge in [0.05, 0.1) is 13.3 Å². The molecule has 0 unspecified atom stereocenters. The summed E-state index contributed by atoms with van der Waals surface area (Å²) < 4.78 is 4.92. The van der Waals surface area contributed by atoms with Gasteiger partial charge in [-0.3, -0.25) is 0 Å². The van der Waals surface area contributed by atoms with Gasteiger partial charge in [-0.25, -0.2) is 0 Å². The lowest BCUT2D eigenvalue weighted by atomic mass is 10.1. The van der Waals surface area contributed by atoms with Crippen molar-refractivity contribution in [2.45, 2.75) is 6.92 Å². The molecule has 1 aromatic rings. The zero-order valence-corrected chi connectivity index (χ0v) is 7.48. The average Bonchev–Trinajstić information content (AvgIpc) is 2.11. The monoisotopic (exact) mass is 181 g/mol. The van der Waals surface area contributed by atoms with E-state index in [4.69, 9.17) is 9.94 Å². The topological polar surface area (TPSA) is 62.0 Å². The number of phenols is 1. The Bertz CT molecular complexity index is 334. The van der Waals surface area contributed by atoms with E-state index in [1.54, 1.807) is 12.1 Å². The molecule has 0 radical (unpaired) electrons. The minimum Gasteiger partial charge on any atom is -0.504 e. The molecule has 0 heterocycles. The highest BCUT2D eigenvalue weighted by molar-refractivity contribution is 5.84. The quantitative estimate of drug-likeness (QED) is 0.413. The number of hydrogen-bond acceptors (Lipinski definition) is 4. The van der Waals surface area contributed by atoms with Gasteiger partial charge in [0.15, 0.2) is 11.5 Å². The van der Waals surface area contributed by atoms with E-state index in [0.717, 1.165) is 11.8 Å². The summed E-state index contributed by atoms with van der Waals surface area (Å²) in [6, 6.07) is 3.39. The van der Waals surface area contributed by atoms with Crippen molar-refractivity contribution >= 4 is 6.21 Å². The SMILES string of the molecule is COc1cc(C)cc(C=NO)c1O. The Labute approximate surface area is 76.1 Å². The zero-order valence-electron chi connectivity index (χ0n) is 7.48. The fourth-order valence-corrected chi connectivity index (χ4v) is 1.09. The van der Waals surface area contributed by atoms with Crippen molar-refractivity contribution in [3.05, 3.63) is 23.3 Å². The van der Waals surface area contributed by atoms with Gasteiger partial charge in [-0.2, -0.15) is 0 Å². The lowest BCUT2D eigenvalue weighted by Crippen LogP contribution is -1.90. The van der Waals surface area contributed by atoms with Gasteiger partial charge in [-0.15, -0.1) is 0 Å². The lowest BCUT2D eigenvalue weighted by molar-refractivity contribution is 0.321. The van der Waals surface area contributed by atoms with Crippen LogP contribution in [0.1, 0.15) is 11.1 Å². The van der Waals surface area contributed by atoms with E-state index in [0.29, 0.717) is 11.3 Å². The summed E-state index contributed by atoms with van der Waals surface area (Å²) >= 11 is 0. The van der Waals surface area contributed by atoms with Crippen LogP contribution in [0, 0.1) is 6.92 Å². The molecule has 0 bridgehead atoms. The Hall–Kier alpha value is -1.71. The lowest BCUT2D eigenvalue weighted by Gasteiger charge is -2.06. The second-order valence-electron chi connectivity index (χ2n) is 2.65. The minimum absolute atomic E-state index is 0.0223. The second kappa shape index (κ2) is 3.80. The number of ether oxygens (including phenoxy) is 1. The maximum absolute atomic E-state index is 9.52. The zero-order chi connectivity index (χ0) is 9.84. The summed E-state index contributed by atoms with van der Waals surface area (Å²) in [5.74, 6) is 0.348. The van der Waals surface area contributed by atoms with Crippen LogP contribution in [0.4, 0.5) is 0 Å². The van der Waals surface area contributed by atoms with Gasteiger partial charge < -0.3 is 15.1 Å². The highest BCUT2D eigenvalue weighted by Gasteiger charge is 2.06. The van der Waals surface area contributed by atoms with E-state index >= 15 is 0 Å². The fourth-order valence-electron chi connectivity index (χ4n) is 1.09. The summed E-state index contributed by atoms with van der Waals surface area (Å²) in [4.78, 5) is 0. The highest BCUT2D eigenvalue weighted by Crippen LogP contribution is 2.29. The van der Waals surface area contributed by atoms with E-state index in [-0.39, 0.29) is 5.75 Å². The van der Waals surface area contributed by atoms with Crippen LogP contribution in [0.3, 0.4) is 0 Å². The number of phenolic OH excluding ortho intramolecular Hbond substituents is 1. The van der Waals surface area contributed by atoms with Gasteiger partial charge in [0.25, 0.3) is 0 Å². The smallest absolute Gasteiger partial charge is 0.166 e. The summed E-state index contributed by atoms with van der Waals surface area (Å²) in [5.41, 5.74) is 1.35. The molecule has 13 heavy (non-hydrogen) atoms. The third-order valence-electron chi connectivity index (χ3n) is 1.67. The van der Waals surface area contributed by atoms with Gasteiger partial charge in [0, 0.05) is 5.56 Å². The van der Waals surface area contributed by atoms with E-state index in [9.17, 15) is 5.11 Å². The minimum atomic E-state index is -0.0223. The van der Waals surface area contributed by atoms with Crippen molar-refractivity contribution in [3.8, 4) is 11.5 Å². The maximum atomic E-state index is 9.52. The van der Waals surface area contributed by atoms with Gasteiger partial charge >= 0.3 is 0 Å². The second-order valence-corrected chi connectivity index (χ2v) is 2.65. The first-order chi connectivity index (χ1) is 6.19. The molecule has 0 aliphatic heterocycles. The Morgan fingerprint density at radius 2 is 2.15 bits per heavy atom. The van der Waals surface area contributed by atoms with Gasteiger partial charge in [-0.1, -0.05) is 5.16 Å². The molecular weight excluding hydrogens is 170 g/mol. The molecule has 0 saturated heterocycles. The molecule has 0 aromatic heterocycles. The summed E-state index contributed by atoms with van der Waals surface area (Å²) in [6.07, 6.45) is 1.16. The Morgan fingerprint density at radius 1 is 1.46 bits per heavy atom. The number of aryl methyl sites for hydroxylation is 1. The summed E-state index contributed by atoms with van der Waals surface area (Å²) in [5, 5.41) is 20.7. The largest absolute Gasteiger partial charge is 0.504 e. The van der Waals surface area contributed by atoms with Crippen molar-refractivity contribution in [1.29, 1.82) is 0 Å². The van der Waals surface area contributed by atoms with Crippen LogP contribution in [0.25, 0.3) is 0 Å². The third-order valence-corrected chi connectivity index (χ3v) is 1.67. The number of methoxy groups -OCH3 is 1. The number of rotatable bonds is 2. The molecule has 1 rings (SSSR count). The summed E-state index contributed by atoms with van der Waals surface area (Å²) in [6.45, 7) is 1.86. The number of hydrogen-bond donors (Lipinski definition) is 2. The Balaban J connectivity index is 3.26. The van der Waals surface area contributed by atoms with Crippen LogP contribution < -0.4 is 4.74 Å². The fraction of sp³-hybridized carbons (Fsp3) is 0.222. The first kappa shape index (κ1) is 9.38. The number of aromatic hydroxyl groups is 1. The van der Waals surface area contributed by atoms with Crippen LogP contribution in [-0.2, 0) is 0 Å². The molecule has 0 spiro atoms. The molecule has 2 N–H and O–H groups in total. The van der Waals surface area contributed by atoms with Crippen molar-refractivity contribution in [1.82, 2.24) is 0 Å². The van der Waals surface area contributed by atoms with Gasteiger partial charge in [0.2, 0.25) is 0 Å². The maximum Gasteiger partial charge on any atom is 0.166 e. The molecule has 70 valence electrons. The Kier molecular flexibility index (Phi) is 2.74. The van der Waals surface area contributed by atoms with E-state index in [2.05, 4.69) is 5.16 Å². The first-order valence-corrected chi connectivity index (χ1v) is 3.74. The van der Waals surface area contributed by atoms with Crippen LogP contribution in [-0.4, -0.2) is 23.6 Å². The Morgan fingerprint density at radius 3 is 2.69 bits per heavy atom. The molecule has 0 saturated carbocycles. The molecule has 4 heteroatoms. The van der Waals surface area contributed by atoms with Crippen LogP contribution in [0.5, 0.6) is 11.5 Å². The number of benzene rings is 1. The van der Waals surface area contributed by atoms with Crippen molar-refractivity contribution in [3.63, 3.8) is 0 Å². The molecule has 1 aromatic carbocycles. The first-order valence-electron chi connectivity index (χ1n) is 3.74. The van der Waals surface area contributed by atoms with Crippen molar-refractivity contribution < 1.29 is 15.1 Å². The predicted octanol–water partition coefficient (Wildman–Crippen LogP) is 1.52. The van der Waals surface area contributed by atoms with Crippen LogP contribution >= 0.6 is 0 Å². The van der Waals surface area contributed by atoms with E-state index < -0.39 is 0 Å². The molecular formula is C9H11NO3. The average molecular weight is 181 g/mol. The van der Waals surface area contributed by atoms with E-state index in [1.807, 2.05) is 6.92 Å². The van der Waals surface area contributed by atoms with Crippen LogP contribution in [0.2, 0.25) is 0 Å². The predicted molar refractivity (Wildman–Crippen MR) is 48.8 cm³/mol. The van der Waals surface area contributed by atoms with E-state index in [1.165, 1.54) is 7.11 Å². The van der Waals surface area contributed by atoms with Gasteiger partial charge in [-0.05, 0) is 24.6 Å². The third kappa shape index (κ3) is 1.90. The molecule has 0 aliphatic carbocycles. The molecule has 0 aliphatic rings. The normalized spacial score (nSPS) is 10.6.